The van der Waals surface area contributed by atoms with Crippen molar-refractivity contribution in [2.45, 2.75) is 6.42 Å². The van der Waals surface area contributed by atoms with Crippen molar-refractivity contribution in [3.8, 4) is 0 Å². The molecule has 0 aliphatic carbocycles. The van der Waals surface area contributed by atoms with E-state index in [9.17, 15) is 9.90 Å². The zero-order valence-electron chi connectivity index (χ0n) is 14.3. The van der Waals surface area contributed by atoms with Crippen LogP contribution in [-0.2, 0) is 0 Å². The third kappa shape index (κ3) is 3.39. The number of benzene rings is 2. The fourth-order valence-corrected chi connectivity index (χ4v) is 3.35. The minimum absolute atomic E-state index is 0.0870. The number of pyridine rings is 1. The molecule has 1 aliphatic heterocycles. The van der Waals surface area contributed by atoms with Crippen LogP contribution in [0.1, 0.15) is 33.5 Å². The molecule has 3 aromatic rings. The summed E-state index contributed by atoms with van der Waals surface area (Å²) in [7, 11) is 0. The van der Waals surface area contributed by atoms with Crippen molar-refractivity contribution in [1.82, 2.24) is 4.98 Å². The smallest absolute Gasteiger partial charge is 0.337 e. The predicted octanol–water partition coefficient (Wildman–Crippen LogP) is 5.19. The molecular weight excluding hydrogens is 360 g/mol. The van der Waals surface area contributed by atoms with Crippen LogP contribution in [0.15, 0.2) is 78.0 Å². The van der Waals surface area contributed by atoms with Gasteiger partial charge in [-0.25, -0.2) is 4.79 Å². The molecule has 0 bridgehead atoms. The van der Waals surface area contributed by atoms with Gasteiger partial charge in [-0.2, -0.15) is 0 Å². The number of halogens is 1. The number of nitrogens with zero attached hydrogens (tertiary/aromatic N) is 2. The van der Waals surface area contributed by atoms with Crippen molar-refractivity contribution in [3.63, 3.8) is 0 Å². The SMILES string of the molecule is O=C(O)c1cc(C2=C(c3ccncc3)N=C(c3ccccc3)C2)ccc1Cl. The van der Waals surface area contributed by atoms with Gasteiger partial charge in [-0.05, 0) is 41.0 Å². The summed E-state index contributed by atoms with van der Waals surface area (Å²) in [5.41, 5.74) is 5.63. The molecule has 0 fully saturated rings. The molecule has 2 aromatic carbocycles. The van der Waals surface area contributed by atoms with Crippen LogP contribution >= 0.6 is 11.6 Å². The van der Waals surface area contributed by atoms with Crippen LogP contribution < -0.4 is 0 Å². The number of aromatic nitrogens is 1. The summed E-state index contributed by atoms with van der Waals surface area (Å²) < 4.78 is 0. The number of hydrogen-bond acceptors (Lipinski definition) is 3. The van der Waals surface area contributed by atoms with Gasteiger partial charge in [0.1, 0.15) is 0 Å². The van der Waals surface area contributed by atoms with Crippen molar-refractivity contribution in [3.05, 3.63) is 100 Å². The molecule has 132 valence electrons. The van der Waals surface area contributed by atoms with Crippen molar-refractivity contribution < 1.29 is 9.90 Å². The minimum atomic E-state index is -1.05. The van der Waals surface area contributed by atoms with E-state index in [1.807, 2.05) is 48.5 Å². The highest BCUT2D eigenvalue weighted by atomic mass is 35.5. The molecular formula is C22H15ClN2O2. The highest BCUT2D eigenvalue weighted by molar-refractivity contribution is 6.33. The second-order valence-electron chi connectivity index (χ2n) is 6.16. The largest absolute Gasteiger partial charge is 0.478 e. The van der Waals surface area contributed by atoms with Gasteiger partial charge in [0.2, 0.25) is 0 Å². The number of carboxylic acid groups (broad SMARTS) is 1. The summed E-state index contributed by atoms with van der Waals surface area (Å²) in [6.45, 7) is 0. The van der Waals surface area contributed by atoms with E-state index >= 15 is 0 Å². The van der Waals surface area contributed by atoms with Gasteiger partial charge < -0.3 is 5.11 Å². The number of aliphatic imine (C=N–C) groups is 1. The molecule has 0 radical (unpaired) electrons. The summed E-state index contributed by atoms with van der Waals surface area (Å²) >= 11 is 6.04. The molecule has 1 aromatic heterocycles. The molecule has 0 amide bonds. The van der Waals surface area contributed by atoms with E-state index in [2.05, 4.69) is 4.98 Å². The van der Waals surface area contributed by atoms with E-state index in [0.29, 0.717) is 6.42 Å². The highest BCUT2D eigenvalue weighted by Crippen LogP contribution is 2.37. The molecule has 0 spiro atoms. The Hall–Kier alpha value is -3.24. The Bertz CT molecular complexity index is 1070. The zero-order chi connectivity index (χ0) is 18.8. The Balaban J connectivity index is 1.84. The summed E-state index contributed by atoms with van der Waals surface area (Å²) in [5, 5.41) is 9.63. The Labute approximate surface area is 161 Å². The average molecular weight is 375 g/mol. The zero-order valence-corrected chi connectivity index (χ0v) is 15.0. The maximum atomic E-state index is 11.5. The molecule has 0 atom stereocenters. The molecule has 1 N–H and O–H groups in total. The van der Waals surface area contributed by atoms with Crippen LogP contribution in [-0.4, -0.2) is 21.8 Å². The van der Waals surface area contributed by atoms with Gasteiger partial charge in [0, 0.05) is 24.4 Å². The quantitative estimate of drug-likeness (QED) is 0.683. The number of rotatable bonds is 4. The lowest BCUT2D eigenvalue weighted by atomic mass is 9.95. The molecule has 1 aliphatic rings. The fraction of sp³-hybridized carbons (Fsp3) is 0.0455. The van der Waals surface area contributed by atoms with Crippen molar-refractivity contribution in [1.29, 1.82) is 0 Å². The summed E-state index contributed by atoms with van der Waals surface area (Å²) in [5.74, 6) is -1.05. The first kappa shape index (κ1) is 17.2. The van der Waals surface area contributed by atoms with Gasteiger partial charge in [-0.3, -0.25) is 9.98 Å². The number of aromatic carboxylic acids is 1. The molecule has 4 nitrogen and oxygen atoms in total. The highest BCUT2D eigenvalue weighted by Gasteiger charge is 2.23. The predicted molar refractivity (Wildman–Crippen MR) is 107 cm³/mol. The van der Waals surface area contributed by atoms with Gasteiger partial charge >= 0.3 is 5.97 Å². The summed E-state index contributed by atoms with van der Waals surface area (Å²) in [4.78, 5) is 20.4. The summed E-state index contributed by atoms with van der Waals surface area (Å²) in [6, 6.07) is 18.9. The van der Waals surface area contributed by atoms with Crippen LogP contribution in [0.2, 0.25) is 5.02 Å². The van der Waals surface area contributed by atoms with Gasteiger partial charge in [0.05, 0.1) is 22.0 Å². The third-order valence-electron chi connectivity index (χ3n) is 4.48. The van der Waals surface area contributed by atoms with Crippen LogP contribution in [0, 0.1) is 0 Å². The standard InChI is InChI=1S/C22H15ClN2O2/c23-19-7-6-16(12-18(19)22(26)27)17-13-20(14-4-2-1-3-5-14)25-21(17)15-8-10-24-11-9-15/h1-12H,13H2,(H,26,27). The van der Waals surface area contributed by atoms with Crippen molar-refractivity contribution >= 4 is 34.6 Å². The molecule has 2 heterocycles. The summed E-state index contributed by atoms with van der Waals surface area (Å²) in [6.07, 6.45) is 4.06. The van der Waals surface area contributed by atoms with Gasteiger partial charge in [0.15, 0.2) is 0 Å². The molecule has 0 saturated carbocycles. The number of carbonyl (C=O) groups is 1. The number of allylic oxidation sites excluding steroid dienone is 1. The Morgan fingerprint density at radius 1 is 0.926 bits per heavy atom. The van der Waals surface area contributed by atoms with Gasteiger partial charge in [-0.15, -0.1) is 0 Å². The second-order valence-corrected chi connectivity index (χ2v) is 6.57. The lowest BCUT2D eigenvalue weighted by Crippen LogP contribution is -2.00. The normalized spacial score (nSPS) is 13.6. The van der Waals surface area contributed by atoms with E-state index in [1.54, 1.807) is 24.5 Å². The van der Waals surface area contributed by atoms with Gasteiger partial charge in [-0.1, -0.05) is 48.0 Å². The number of carboxylic acids is 1. The van der Waals surface area contributed by atoms with Crippen molar-refractivity contribution in [2.24, 2.45) is 4.99 Å². The third-order valence-corrected chi connectivity index (χ3v) is 4.81. The molecule has 4 rings (SSSR count). The Morgan fingerprint density at radius 2 is 1.67 bits per heavy atom. The Morgan fingerprint density at radius 3 is 2.37 bits per heavy atom. The first-order valence-electron chi connectivity index (χ1n) is 8.43. The number of hydrogen-bond donors (Lipinski definition) is 1. The second kappa shape index (κ2) is 7.17. The molecule has 27 heavy (non-hydrogen) atoms. The van der Waals surface area contributed by atoms with E-state index in [-0.39, 0.29) is 10.6 Å². The first-order valence-corrected chi connectivity index (χ1v) is 8.81. The topological polar surface area (TPSA) is 62.5 Å². The first-order chi connectivity index (χ1) is 13.1. The molecule has 0 unspecified atom stereocenters. The monoisotopic (exact) mass is 374 g/mol. The van der Waals surface area contributed by atoms with Crippen LogP contribution in [0.4, 0.5) is 0 Å². The van der Waals surface area contributed by atoms with E-state index in [1.165, 1.54) is 0 Å². The molecule has 0 saturated heterocycles. The van der Waals surface area contributed by atoms with E-state index in [4.69, 9.17) is 16.6 Å². The van der Waals surface area contributed by atoms with Crippen molar-refractivity contribution in [2.75, 3.05) is 0 Å². The van der Waals surface area contributed by atoms with Crippen LogP contribution in [0.3, 0.4) is 0 Å². The maximum Gasteiger partial charge on any atom is 0.337 e. The van der Waals surface area contributed by atoms with E-state index in [0.717, 1.165) is 33.7 Å². The average Bonchev–Trinajstić information content (AvgIpc) is 3.15. The van der Waals surface area contributed by atoms with Crippen LogP contribution in [0.5, 0.6) is 0 Å². The lowest BCUT2D eigenvalue weighted by molar-refractivity contribution is 0.0697. The minimum Gasteiger partial charge on any atom is -0.478 e. The molecule has 5 heteroatoms. The van der Waals surface area contributed by atoms with E-state index < -0.39 is 5.97 Å². The Kier molecular flexibility index (Phi) is 4.57. The lowest BCUT2D eigenvalue weighted by Gasteiger charge is -2.09. The fourth-order valence-electron chi connectivity index (χ4n) is 3.15. The van der Waals surface area contributed by atoms with Gasteiger partial charge in [0.25, 0.3) is 0 Å². The van der Waals surface area contributed by atoms with Crippen LogP contribution in [0.25, 0.3) is 11.3 Å². The maximum absolute atomic E-state index is 11.5.